The third kappa shape index (κ3) is 2.73. The summed E-state index contributed by atoms with van der Waals surface area (Å²) in [6.45, 7) is 2.60. The summed E-state index contributed by atoms with van der Waals surface area (Å²) in [5, 5.41) is 21.0. The van der Waals surface area contributed by atoms with Gasteiger partial charge in [0.05, 0.1) is 15.5 Å². The maximum absolute atomic E-state index is 11.7. The Morgan fingerprint density at radius 1 is 1.57 bits per heavy atom. The second-order valence-corrected chi connectivity index (χ2v) is 5.62. The van der Waals surface area contributed by atoms with E-state index in [1.165, 1.54) is 12.1 Å². The maximum atomic E-state index is 11.7. The summed E-state index contributed by atoms with van der Waals surface area (Å²) >= 11 is 6.09. The number of aliphatic carboxylic acids is 1. The Balaban J connectivity index is 2.38. The van der Waals surface area contributed by atoms with Crippen LogP contribution in [0.5, 0.6) is 0 Å². The van der Waals surface area contributed by atoms with Crippen LogP contribution >= 0.6 is 11.6 Å². The fraction of sp³-hybridized carbons (Fsp3) is 0.500. The van der Waals surface area contributed by atoms with Crippen molar-refractivity contribution in [2.24, 2.45) is 0 Å². The van der Waals surface area contributed by atoms with Crippen molar-refractivity contribution in [2.45, 2.75) is 38.3 Å². The van der Waals surface area contributed by atoms with Gasteiger partial charge in [-0.1, -0.05) is 24.6 Å². The van der Waals surface area contributed by atoms with Gasteiger partial charge in [0.2, 0.25) is 0 Å². The molecule has 0 radical (unpaired) electrons. The van der Waals surface area contributed by atoms with E-state index in [0.717, 1.165) is 6.42 Å². The fourth-order valence-electron chi connectivity index (χ4n) is 3.02. The number of nitrogens with zero attached hydrogens (tertiary/aromatic N) is 2. The van der Waals surface area contributed by atoms with Crippen LogP contribution in [0.2, 0.25) is 5.02 Å². The zero-order valence-corrected chi connectivity index (χ0v) is 12.5. The normalized spacial score (nSPS) is 22.4. The second kappa shape index (κ2) is 5.99. The van der Waals surface area contributed by atoms with E-state index in [4.69, 9.17) is 11.6 Å². The molecule has 6 nitrogen and oxygen atoms in total. The molecule has 0 bridgehead atoms. The van der Waals surface area contributed by atoms with Gasteiger partial charge in [-0.3, -0.25) is 19.8 Å². The molecular formula is C14H17ClN2O4. The Bertz CT molecular complexity index is 578. The molecule has 1 fully saturated rings. The lowest BCUT2D eigenvalue weighted by molar-refractivity contribution is -0.385. The molecule has 0 amide bonds. The van der Waals surface area contributed by atoms with E-state index >= 15 is 0 Å². The smallest absolute Gasteiger partial charge is 0.324 e. The number of carbonyl (C=O) groups is 1. The molecule has 1 aromatic carbocycles. The minimum atomic E-state index is -0.951. The minimum Gasteiger partial charge on any atom is -0.480 e. The van der Waals surface area contributed by atoms with E-state index in [-0.39, 0.29) is 12.2 Å². The standard InChI is InChI=1S/C14H17ClN2O4/c1-2-14(13(18)19)7-4-8-16(14)9-10-11(15)5-3-6-12(10)17(20)21/h3,5-6H,2,4,7-9H2,1H3,(H,18,19). The predicted octanol–water partition coefficient (Wildman–Crippen LogP) is 3.08. The first kappa shape index (κ1) is 15.7. The number of benzene rings is 1. The van der Waals surface area contributed by atoms with E-state index in [0.29, 0.717) is 30.0 Å². The molecular weight excluding hydrogens is 296 g/mol. The lowest BCUT2D eigenvalue weighted by atomic mass is 9.92. The van der Waals surface area contributed by atoms with E-state index in [9.17, 15) is 20.0 Å². The summed E-state index contributed by atoms with van der Waals surface area (Å²) in [6, 6.07) is 4.51. The van der Waals surface area contributed by atoms with Crippen LogP contribution in [0, 0.1) is 10.1 Å². The zero-order valence-electron chi connectivity index (χ0n) is 11.7. The predicted molar refractivity (Wildman–Crippen MR) is 78.4 cm³/mol. The zero-order chi connectivity index (χ0) is 15.6. The van der Waals surface area contributed by atoms with Crippen molar-refractivity contribution >= 4 is 23.3 Å². The number of nitro benzene ring substituents is 1. The Morgan fingerprint density at radius 3 is 2.86 bits per heavy atom. The van der Waals surface area contributed by atoms with Crippen molar-refractivity contribution in [3.05, 3.63) is 38.9 Å². The van der Waals surface area contributed by atoms with Crippen LogP contribution in [0.15, 0.2) is 18.2 Å². The van der Waals surface area contributed by atoms with Crippen LogP contribution in [-0.2, 0) is 11.3 Å². The van der Waals surface area contributed by atoms with Crippen molar-refractivity contribution in [1.82, 2.24) is 4.90 Å². The first-order valence-electron chi connectivity index (χ1n) is 6.82. The summed E-state index contributed by atoms with van der Waals surface area (Å²) in [4.78, 5) is 24.1. The largest absolute Gasteiger partial charge is 0.480 e. The number of rotatable bonds is 5. The summed E-state index contributed by atoms with van der Waals surface area (Å²) in [6.07, 6.45) is 1.77. The Hall–Kier alpha value is -1.66. The van der Waals surface area contributed by atoms with Crippen LogP contribution in [0.3, 0.4) is 0 Å². The fourth-order valence-corrected chi connectivity index (χ4v) is 3.25. The van der Waals surface area contributed by atoms with Crippen molar-refractivity contribution in [1.29, 1.82) is 0 Å². The highest BCUT2D eigenvalue weighted by atomic mass is 35.5. The van der Waals surface area contributed by atoms with Gasteiger partial charge in [0.1, 0.15) is 5.54 Å². The highest BCUT2D eigenvalue weighted by Crippen LogP contribution is 2.37. The Morgan fingerprint density at radius 2 is 2.29 bits per heavy atom. The number of nitro groups is 1. The monoisotopic (exact) mass is 312 g/mol. The Labute approximate surface area is 127 Å². The van der Waals surface area contributed by atoms with Gasteiger partial charge < -0.3 is 5.11 Å². The third-order valence-electron chi connectivity index (χ3n) is 4.25. The first-order chi connectivity index (χ1) is 9.92. The molecule has 1 atom stereocenters. The molecule has 0 spiro atoms. The van der Waals surface area contributed by atoms with Gasteiger partial charge in [0.15, 0.2) is 0 Å². The van der Waals surface area contributed by atoms with Gasteiger partial charge >= 0.3 is 5.97 Å². The summed E-state index contributed by atoms with van der Waals surface area (Å²) in [5.41, 5.74) is -0.637. The molecule has 1 aliphatic heterocycles. The maximum Gasteiger partial charge on any atom is 0.324 e. The van der Waals surface area contributed by atoms with Crippen molar-refractivity contribution in [3.8, 4) is 0 Å². The molecule has 1 N–H and O–H groups in total. The number of carboxylic acid groups (broad SMARTS) is 1. The van der Waals surface area contributed by atoms with Crippen LogP contribution in [0.25, 0.3) is 0 Å². The van der Waals surface area contributed by atoms with Gasteiger partial charge in [-0.2, -0.15) is 0 Å². The first-order valence-corrected chi connectivity index (χ1v) is 7.20. The summed E-state index contributed by atoms with van der Waals surface area (Å²) < 4.78 is 0. The summed E-state index contributed by atoms with van der Waals surface area (Å²) in [5.74, 6) is -0.878. The average molecular weight is 313 g/mol. The lowest BCUT2D eigenvalue weighted by Gasteiger charge is -2.33. The minimum absolute atomic E-state index is 0.0650. The van der Waals surface area contributed by atoms with E-state index in [1.807, 2.05) is 6.92 Å². The Kier molecular flexibility index (Phi) is 4.49. The van der Waals surface area contributed by atoms with E-state index < -0.39 is 16.4 Å². The molecule has 2 rings (SSSR count). The molecule has 0 aromatic heterocycles. The van der Waals surface area contributed by atoms with Crippen LogP contribution in [0.4, 0.5) is 5.69 Å². The highest BCUT2D eigenvalue weighted by molar-refractivity contribution is 6.31. The SMILES string of the molecule is CCC1(C(=O)O)CCCN1Cc1c(Cl)cccc1[N+](=O)[O-]. The number of hydrogen-bond acceptors (Lipinski definition) is 4. The van der Waals surface area contributed by atoms with Gasteiger partial charge in [-0.05, 0) is 31.9 Å². The number of likely N-dealkylation sites (tertiary alicyclic amines) is 1. The van der Waals surface area contributed by atoms with E-state index in [1.54, 1.807) is 11.0 Å². The van der Waals surface area contributed by atoms with Crippen LogP contribution in [0.1, 0.15) is 31.7 Å². The lowest BCUT2D eigenvalue weighted by Crippen LogP contribution is -2.49. The molecule has 1 saturated heterocycles. The molecule has 21 heavy (non-hydrogen) atoms. The molecule has 1 aromatic rings. The molecule has 0 aliphatic carbocycles. The molecule has 7 heteroatoms. The van der Waals surface area contributed by atoms with Gasteiger partial charge in [0.25, 0.3) is 5.69 Å². The van der Waals surface area contributed by atoms with Gasteiger partial charge in [-0.25, -0.2) is 0 Å². The van der Waals surface area contributed by atoms with Gasteiger partial charge in [0, 0.05) is 12.6 Å². The van der Waals surface area contributed by atoms with Crippen molar-refractivity contribution in [2.75, 3.05) is 6.54 Å². The average Bonchev–Trinajstić information content (AvgIpc) is 2.84. The molecule has 1 aliphatic rings. The van der Waals surface area contributed by atoms with Crippen molar-refractivity contribution < 1.29 is 14.8 Å². The topological polar surface area (TPSA) is 83.7 Å². The quantitative estimate of drug-likeness (QED) is 0.667. The molecule has 0 saturated carbocycles. The third-order valence-corrected chi connectivity index (χ3v) is 4.60. The highest BCUT2D eigenvalue weighted by Gasteiger charge is 2.46. The van der Waals surface area contributed by atoms with Crippen molar-refractivity contribution in [3.63, 3.8) is 0 Å². The van der Waals surface area contributed by atoms with Crippen LogP contribution < -0.4 is 0 Å². The second-order valence-electron chi connectivity index (χ2n) is 5.21. The molecule has 1 heterocycles. The van der Waals surface area contributed by atoms with Crippen LogP contribution in [-0.4, -0.2) is 33.0 Å². The molecule has 1 unspecified atom stereocenters. The summed E-state index contributed by atoms with van der Waals surface area (Å²) in [7, 11) is 0. The number of halogens is 1. The van der Waals surface area contributed by atoms with E-state index in [2.05, 4.69) is 0 Å². The number of carboxylic acids is 1. The van der Waals surface area contributed by atoms with Gasteiger partial charge in [-0.15, -0.1) is 0 Å². The molecule has 114 valence electrons. The number of hydrogen-bond donors (Lipinski definition) is 1.